The van der Waals surface area contributed by atoms with E-state index in [-0.39, 0.29) is 10.8 Å². The first-order valence-corrected chi connectivity index (χ1v) is 48.6. The summed E-state index contributed by atoms with van der Waals surface area (Å²) in [6, 6.07) is 56.0. The highest BCUT2D eigenvalue weighted by molar-refractivity contribution is 9.10. The molecule has 28 heteroatoms. The zero-order chi connectivity index (χ0) is 95.3. The number of halogens is 2. The second-order valence-corrected chi connectivity index (χ2v) is 38.6. The van der Waals surface area contributed by atoms with Crippen molar-refractivity contribution in [3.05, 3.63) is 355 Å². The maximum absolute atomic E-state index is 4.77. The van der Waals surface area contributed by atoms with E-state index in [1.165, 1.54) is 45.1 Å². The first-order chi connectivity index (χ1) is 64.4. The topological polar surface area (TPSA) is 266 Å². The SMILES string of the molecule is Brc1cccc(-c2cccc(Br)n2)n1.C1=CN=C(C2=NC=CC2)C1.CC(C)(C)c1cccc(-c2cccc(C(C)(C)C)n2)n1.CC1=C(C)N=C(C2=NC(C)=C(C)C2)C1.Cc1cccc(-c2cccc(C)n2)n1.Cc1ccnc(-c2cc(C)ccn2)c1.Cc1csc(-c2nc(C)cs2)n1.Cn1ccnc1-c1nccn1C.c1cnc2c(c1)ccc1cccnc12.c1csc(-c2nccs2)n1. The molecule has 0 unspecified atom stereocenters. The van der Waals surface area contributed by atoms with Crippen molar-refractivity contribution in [2.75, 3.05) is 0 Å². The van der Waals surface area contributed by atoms with Gasteiger partial charge in [0, 0.05) is 203 Å². The molecule has 0 bridgehead atoms. The van der Waals surface area contributed by atoms with Gasteiger partial charge in [0.15, 0.2) is 31.7 Å². The smallest absolute Gasteiger partial charge is 0.176 e. The largest absolute Gasteiger partial charge is 0.331 e. The van der Waals surface area contributed by atoms with Gasteiger partial charge in [0.25, 0.3) is 0 Å². The Labute approximate surface area is 817 Å². The van der Waals surface area contributed by atoms with Crippen LogP contribution in [0.4, 0.5) is 0 Å². The number of aromatic nitrogens is 18. The minimum atomic E-state index is 0.0532. The van der Waals surface area contributed by atoms with Gasteiger partial charge in [-0.1, -0.05) is 114 Å². The lowest BCUT2D eigenvalue weighted by molar-refractivity contribution is 0.566. The van der Waals surface area contributed by atoms with Crippen LogP contribution in [-0.2, 0) is 24.9 Å². The van der Waals surface area contributed by atoms with Gasteiger partial charge < -0.3 is 9.13 Å². The van der Waals surface area contributed by atoms with Crippen LogP contribution in [0.5, 0.6) is 0 Å². The predicted molar refractivity (Wildman–Crippen MR) is 563 cm³/mol. The lowest BCUT2D eigenvalue weighted by Gasteiger charge is -2.20. The monoisotopic (exact) mass is 1970 g/mol. The summed E-state index contributed by atoms with van der Waals surface area (Å²) in [4.78, 5) is 87.2. The molecule has 0 atom stereocenters. The summed E-state index contributed by atoms with van der Waals surface area (Å²) in [5.74, 6) is 1.78. The fourth-order valence-corrected chi connectivity index (χ4v) is 16.8. The summed E-state index contributed by atoms with van der Waals surface area (Å²) in [6.07, 6.45) is 29.9. The number of allylic oxidation sites excluding steroid dienone is 6. The Bertz CT molecular complexity index is 6430. The first-order valence-electron chi connectivity index (χ1n) is 43.5. The van der Waals surface area contributed by atoms with Crippen LogP contribution in [0.15, 0.2) is 330 Å². The number of pyridine rings is 10. The van der Waals surface area contributed by atoms with E-state index < -0.39 is 0 Å². The van der Waals surface area contributed by atoms with E-state index in [0.29, 0.717) is 0 Å². The Morgan fingerprint density at radius 1 is 0.321 bits per heavy atom. The molecule has 0 amide bonds. The van der Waals surface area contributed by atoms with E-state index in [4.69, 9.17) is 9.97 Å². The zero-order valence-corrected chi connectivity index (χ0v) is 85.1. The van der Waals surface area contributed by atoms with E-state index >= 15 is 0 Å². The second-order valence-electron chi connectivity index (χ2n) is 33.5. The average molecular weight is 1980 g/mol. The van der Waals surface area contributed by atoms with Crippen molar-refractivity contribution in [3.8, 4) is 77.2 Å². The third-order valence-electron chi connectivity index (χ3n) is 20.4. The van der Waals surface area contributed by atoms with Crippen molar-refractivity contribution >= 4 is 122 Å². The highest BCUT2D eigenvalue weighted by Gasteiger charge is 2.23. The number of fused-ring (bicyclic) bond motifs is 3. The molecule has 17 aromatic rings. The van der Waals surface area contributed by atoms with Gasteiger partial charge in [-0.15, -0.1) is 45.3 Å². The standard InChI is InChI=1S/C18H24N2.C12H8N2.C12H16N2.2C12H12N2.C10H6Br2N2.C8H10N4.C8H8N2S2.C8H8N2.C6H4N2S2/c1-17(2,3)15-11-7-9-13(19-15)14-10-8-12-16(20-14)18(4,5)6;1-3-9-5-6-10-4-2-8-14-12(10)11(9)13-7-1;1-7-5-11(13-9(7)3)12-6-8(2)10(4)14-12;1-9-3-5-13-11(7-9)12-8-10(2)4-6-14-12;1-9-5-3-7-11(13-9)12-8-4-6-10(2)14-12;11-9-5-1-3-7(13-9)8-4-2-6-10(12)14-8;1-11-5-3-9-7(11)8-10-4-6-12(8)2;1-5-3-11-7(9-5)8-10-6(2)4-12-8;1-3-7(9-5-1)8-4-2-6-10-8;1-3-9-5(7-1)6-8-2-4-10-6/h7-12H,1-6H3;1-8H;5-6H2,1-4H3;2*3-8H,1-2H3;1-6H;3-6H,1-2H3;3-4H,1-2H3;1-2,5-6H,3-4H2;1-4H. The van der Waals surface area contributed by atoms with Gasteiger partial charge >= 0.3 is 0 Å². The molecule has 680 valence electrons. The molecule has 22 nitrogen and oxygen atoms in total. The summed E-state index contributed by atoms with van der Waals surface area (Å²) in [5.41, 5.74) is 27.9. The van der Waals surface area contributed by atoms with Gasteiger partial charge in [0.05, 0.1) is 79.4 Å². The molecule has 0 saturated carbocycles. The number of hydrogen-bond acceptors (Lipinski definition) is 24. The van der Waals surface area contributed by atoms with Crippen molar-refractivity contribution in [1.29, 1.82) is 0 Å². The number of rotatable bonds is 9. The van der Waals surface area contributed by atoms with Crippen molar-refractivity contribution in [2.45, 2.75) is 147 Å². The van der Waals surface area contributed by atoms with Crippen LogP contribution in [0.1, 0.15) is 140 Å². The van der Waals surface area contributed by atoms with Crippen LogP contribution in [-0.4, -0.2) is 112 Å². The molecular formula is C106H108Br2N22S4. The Kier molecular flexibility index (Phi) is 36.1. The van der Waals surface area contributed by atoms with Crippen molar-refractivity contribution in [3.63, 3.8) is 0 Å². The summed E-state index contributed by atoms with van der Waals surface area (Å²) >= 11 is 13.2. The molecule has 20 heterocycles. The van der Waals surface area contributed by atoms with Crippen LogP contribution >= 0.6 is 77.2 Å². The Morgan fingerprint density at radius 3 is 1.01 bits per heavy atom. The van der Waals surface area contributed by atoms with Gasteiger partial charge in [-0.25, -0.2) is 39.9 Å². The van der Waals surface area contributed by atoms with E-state index in [1.54, 1.807) is 82.5 Å². The number of aliphatic imine (C=N–C) groups is 4. The highest BCUT2D eigenvalue weighted by Crippen LogP contribution is 2.32. The van der Waals surface area contributed by atoms with Crippen molar-refractivity contribution in [1.82, 2.24) is 88.9 Å². The number of nitrogens with zero attached hydrogens (tertiary/aromatic N) is 22. The molecule has 16 aromatic heterocycles. The molecule has 4 aliphatic rings. The quantitative estimate of drug-likeness (QED) is 0.0960. The van der Waals surface area contributed by atoms with E-state index in [9.17, 15) is 0 Å². The van der Waals surface area contributed by atoms with Gasteiger partial charge in [-0.05, 0) is 233 Å². The molecule has 0 N–H and O–H groups in total. The molecule has 134 heavy (non-hydrogen) atoms. The van der Waals surface area contributed by atoms with Gasteiger partial charge in [0.1, 0.15) is 9.21 Å². The lowest BCUT2D eigenvalue weighted by atomic mass is 9.91. The number of thiazole rings is 4. The summed E-state index contributed by atoms with van der Waals surface area (Å²) in [6.45, 7) is 33.6. The number of hydrogen-bond donors (Lipinski definition) is 0. The van der Waals surface area contributed by atoms with Crippen LogP contribution in [0, 0.1) is 41.5 Å². The van der Waals surface area contributed by atoms with Crippen LogP contribution < -0.4 is 0 Å². The molecule has 1 aromatic carbocycles. The molecule has 0 radical (unpaired) electrons. The summed E-state index contributed by atoms with van der Waals surface area (Å²) < 4.78 is 5.53. The molecule has 0 spiro atoms. The maximum atomic E-state index is 4.77. The third kappa shape index (κ3) is 29.6. The lowest BCUT2D eigenvalue weighted by Crippen LogP contribution is -2.15. The summed E-state index contributed by atoms with van der Waals surface area (Å²) in [7, 11) is 3.91. The maximum Gasteiger partial charge on any atom is 0.176 e. The van der Waals surface area contributed by atoms with Gasteiger partial charge in [-0.3, -0.25) is 59.8 Å². The summed E-state index contributed by atoms with van der Waals surface area (Å²) in [5, 5.41) is 14.4. The Hall–Kier alpha value is -13.2. The fourth-order valence-electron chi connectivity index (χ4n) is 13.1. The molecule has 21 rings (SSSR count). The van der Waals surface area contributed by atoms with Crippen LogP contribution in [0.3, 0.4) is 0 Å². The molecule has 0 aliphatic carbocycles. The van der Waals surface area contributed by atoms with E-state index in [1.807, 2.05) is 231 Å². The fraction of sp³-hybridized carbons (Fsp3) is 0.226. The van der Waals surface area contributed by atoms with Crippen LogP contribution in [0.2, 0.25) is 0 Å². The molecule has 0 fully saturated rings. The Balaban J connectivity index is 0.000000135. The van der Waals surface area contributed by atoms with E-state index in [2.05, 4.69) is 265 Å². The third-order valence-corrected chi connectivity index (χ3v) is 25.1. The number of aryl methyl sites for hydroxylation is 8. The normalized spacial score (nSPS) is 12.7. The van der Waals surface area contributed by atoms with Crippen LogP contribution in [0.25, 0.3) is 99.0 Å². The number of imidazole rings is 2. The first kappa shape index (κ1) is 99.8. The predicted octanol–water partition coefficient (Wildman–Crippen LogP) is 27.6. The minimum Gasteiger partial charge on any atom is -0.331 e. The van der Waals surface area contributed by atoms with Gasteiger partial charge in [-0.2, -0.15) is 0 Å². The second kappa shape index (κ2) is 48.4. The zero-order valence-electron chi connectivity index (χ0n) is 78.6. The van der Waals surface area contributed by atoms with E-state index in [0.717, 1.165) is 180 Å². The minimum absolute atomic E-state index is 0.0532. The molecular weight excluding hydrogens is 1870 g/mol. The number of benzene rings is 1. The molecule has 4 aliphatic heterocycles. The van der Waals surface area contributed by atoms with Crippen molar-refractivity contribution in [2.24, 2.45) is 34.1 Å². The molecule has 0 saturated heterocycles. The highest BCUT2D eigenvalue weighted by atomic mass is 79.9. The van der Waals surface area contributed by atoms with Gasteiger partial charge in [0.2, 0.25) is 0 Å². The van der Waals surface area contributed by atoms with Crippen molar-refractivity contribution < 1.29 is 0 Å². The Morgan fingerprint density at radius 2 is 0.701 bits per heavy atom. The average Bonchev–Trinajstić information content (AvgIpc) is 0.811.